The van der Waals surface area contributed by atoms with E-state index in [9.17, 15) is 23.3 Å². The fourth-order valence-corrected chi connectivity index (χ4v) is 5.45. The van der Waals surface area contributed by atoms with Crippen molar-refractivity contribution >= 4 is 27.1 Å². The maximum absolute atomic E-state index is 12.5. The molecule has 0 aromatic heterocycles. The molecule has 136 valence electrons. The van der Waals surface area contributed by atoms with Gasteiger partial charge in [-0.3, -0.25) is 19.8 Å². The van der Waals surface area contributed by atoms with Gasteiger partial charge in [0.15, 0.2) is 9.84 Å². The summed E-state index contributed by atoms with van der Waals surface area (Å²) in [5, 5.41) is 13.7. The van der Waals surface area contributed by atoms with E-state index in [0.717, 1.165) is 32.0 Å². The molecule has 2 heterocycles. The molecule has 3 N–H and O–H groups in total. The molecule has 2 aliphatic rings. The highest BCUT2D eigenvalue weighted by Gasteiger charge is 2.42. The van der Waals surface area contributed by atoms with Gasteiger partial charge in [-0.1, -0.05) is 0 Å². The minimum absolute atomic E-state index is 0.0276. The topological polar surface area (TPSA) is 136 Å². The predicted molar refractivity (Wildman–Crippen MR) is 92.0 cm³/mol. The molecule has 3 rings (SSSR count). The molecule has 2 unspecified atom stereocenters. The number of nitrogens with zero attached hydrogens (tertiary/aromatic N) is 2. The molecule has 2 fully saturated rings. The first-order valence-electron chi connectivity index (χ1n) is 8.06. The lowest BCUT2D eigenvalue weighted by molar-refractivity contribution is -0.383. The van der Waals surface area contributed by atoms with Gasteiger partial charge in [-0.2, -0.15) is 0 Å². The Morgan fingerprint density at radius 1 is 1.28 bits per heavy atom. The third kappa shape index (κ3) is 3.74. The number of benzene rings is 1. The number of sulfone groups is 1. The van der Waals surface area contributed by atoms with Gasteiger partial charge in [-0.15, -0.1) is 0 Å². The maximum Gasteiger partial charge on any atom is 0.292 e. The van der Waals surface area contributed by atoms with Crippen LogP contribution in [0, 0.1) is 10.1 Å². The van der Waals surface area contributed by atoms with E-state index in [1.54, 1.807) is 0 Å². The fourth-order valence-electron chi connectivity index (χ4n) is 3.49. The number of nitrogens with two attached hydrogens (primary N) is 1. The minimum atomic E-state index is -3.22. The summed E-state index contributed by atoms with van der Waals surface area (Å²) in [6.07, 6.45) is 2.03. The van der Waals surface area contributed by atoms with Gasteiger partial charge in [-0.05, 0) is 38.1 Å². The Balaban J connectivity index is 1.79. The molecule has 10 heteroatoms. The normalized spacial score (nSPS) is 25.8. The molecule has 1 amide bonds. The molecular weight excluding hydrogens is 348 g/mol. The molecule has 2 aliphatic heterocycles. The van der Waals surface area contributed by atoms with Gasteiger partial charge >= 0.3 is 0 Å². The SMILES string of the molecule is Nc1ccc(C(=O)NC2CS(=O)(=O)CC2N2CCCC2)cc1[N+](=O)[O-]. The molecule has 1 aromatic rings. The van der Waals surface area contributed by atoms with E-state index in [4.69, 9.17) is 5.73 Å². The second kappa shape index (κ2) is 6.60. The zero-order valence-electron chi connectivity index (χ0n) is 13.6. The lowest BCUT2D eigenvalue weighted by Crippen LogP contribution is -2.50. The summed E-state index contributed by atoms with van der Waals surface area (Å²) in [4.78, 5) is 24.9. The first-order chi connectivity index (χ1) is 11.8. The number of carbonyl (C=O) groups is 1. The van der Waals surface area contributed by atoms with Crippen LogP contribution in [0.1, 0.15) is 23.2 Å². The van der Waals surface area contributed by atoms with Crippen LogP contribution in [-0.2, 0) is 9.84 Å². The van der Waals surface area contributed by atoms with Crippen molar-refractivity contribution in [2.75, 3.05) is 30.3 Å². The summed E-state index contributed by atoms with van der Waals surface area (Å²) >= 11 is 0. The first kappa shape index (κ1) is 17.6. The van der Waals surface area contributed by atoms with E-state index >= 15 is 0 Å². The molecule has 2 saturated heterocycles. The lowest BCUT2D eigenvalue weighted by atomic mass is 10.1. The highest BCUT2D eigenvalue weighted by molar-refractivity contribution is 7.91. The molecule has 1 aromatic carbocycles. The number of carbonyl (C=O) groups excluding carboxylic acids is 1. The van der Waals surface area contributed by atoms with Gasteiger partial charge in [0.05, 0.1) is 22.5 Å². The number of hydrogen-bond acceptors (Lipinski definition) is 7. The molecular formula is C15H20N4O5S. The Hall–Kier alpha value is -2.20. The quantitative estimate of drug-likeness (QED) is 0.439. The number of hydrogen-bond donors (Lipinski definition) is 2. The van der Waals surface area contributed by atoms with Crippen LogP contribution >= 0.6 is 0 Å². The van der Waals surface area contributed by atoms with Crippen LogP contribution in [0.2, 0.25) is 0 Å². The van der Waals surface area contributed by atoms with E-state index < -0.39 is 26.7 Å². The number of nitrogen functional groups attached to an aromatic ring is 1. The van der Waals surface area contributed by atoms with E-state index in [-0.39, 0.29) is 34.5 Å². The first-order valence-corrected chi connectivity index (χ1v) is 9.88. The molecule has 0 spiro atoms. The van der Waals surface area contributed by atoms with Gasteiger partial charge in [-0.25, -0.2) is 8.42 Å². The molecule has 0 aliphatic carbocycles. The molecule has 0 radical (unpaired) electrons. The van der Waals surface area contributed by atoms with Crippen molar-refractivity contribution in [2.24, 2.45) is 0 Å². The average molecular weight is 368 g/mol. The van der Waals surface area contributed by atoms with Gasteiger partial charge in [0.1, 0.15) is 5.69 Å². The number of likely N-dealkylation sites (tertiary alicyclic amines) is 1. The van der Waals surface area contributed by atoms with E-state index in [0.29, 0.717) is 0 Å². The van der Waals surface area contributed by atoms with E-state index in [1.165, 1.54) is 12.1 Å². The highest BCUT2D eigenvalue weighted by atomic mass is 32.2. The van der Waals surface area contributed by atoms with Crippen LogP contribution < -0.4 is 11.1 Å². The fraction of sp³-hybridized carbons (Fsp3) is 0.533. The Morgan fingerprint density at radius 3 is 2.60 bits per heavy atom. The van der Waals surface area contributed by atoms with Crippen LogP contribution in [-0.4, -0.2) is 60.8 Å². The predicted octanol–water partition coefficient (Wildman–Crippen LogP) is 0.168. The van der Waals surface area contributed by atoms with E-state index in [2.05, 4.69) is 10.2 Å². The molecule has 9 nitrogen and oxygen atoms in total. The Kier molecular flexibility index (Phi) is 4.65. The van der Waals surface area contributed by atoms with Crippen LogP contribution in [0.4, 0.5) is 11.4 Å². The summed E-state index contributed by atoms with van der Waals surface area (Å²) in [5.74, 6) is -0.619. The van der Waals surface area contributed by atoms with E-state index in [1.807, 2.05) is 0 Å². The van der Waals surface area contributed by atoms with Crippen molar-refractivity contribution in [2.45, 2.75) is 24.9 Å². The number of amides is 1. The van der Waals surface area contributed by atoms with Crippen LogP contribution in [0.3, 0.4) is 0 Å². The minimum Gasteiger partial charge on any atom is -0.393 e. The Morgan fingerprint density at radius 2 is 1.96 bits per heavy atom. The van der Waals surface area contributed by atoms with Crippen LogP contribution in [0.25, 0.3) is 0 Å². The third-order valence-corrected chi connectivity index (χ3v) is 6.45. The highest BCUT2D eigenvalue weighted by Crippen LogP contribution is 2.25. The summed E-state index contributed by atoms with van der Waals surface area (Å²) in [6, 6.07) is 3.04. The third-order valence-electron chi connectivity index (χ3n) is 4.74. The average Bonchev–Trinajstić information content (AvgIpc) is 3.14. The van der Waals surface area contributed by atoms with Crippen molar-refractivity contribution in [1.82, 2.24) is 10.2 Å². The standard InChI is InChI=1S/C15H20N4O5S/c16-11-4-3-10(7-13(11)19(21)22)15(20)17-12-8-25(23,24)9-14(12)18-5-1-2-6-18/h3-4,7,12,14H,1-2,5-6,8-9,16H2,(H,17,20). The monoisotopic (exact) mass is 368 g/mol. The maximum atomic E-state index is 12.5. The van der Waals surface area contributed by atoms with Gasteiger partial charge in [0.25, 0.3) is 11.6 Å². The van der Waals surface area contributed by atoms with Crippen molar-refractivity contribution in [3.05, 3.63) is 33.9 Å². The summed E-state index contributed by atoms with van der Waals surface area (Å²) in [6.45, 7) is 1.64. The zero-order chi connectivity index (χ0) is 18.2. The largest absolute Gasteiger partial charge is 0.393 e. The molecule has 0 saturated carbocycles. The Labute approximate surface area is 145 Å². The van der Waals surface area contributed by atoms with Crippen LogP contribution in [0.15, 0.2) is 18.2 Å². The van der Waals surface area contributed by atoms with Gasteiger partial charge < -0.3 is 11.1 Å². The second-order valence-corrected chi connectivity index (χ2v) is 8.65. The second-order valence-electron chi connectivity index (χ2n) is 6.50. The number of nitro groups is 1. The molecule has 2 atom stereocenters. The summed E-state index contributed by atoms with van der Waals surface area (Å²) in [5.41, 5.74) is 5.25. The number of rotatable bonds is 4. The lowest BCUT2D eigenvalue weighted by Gasteiger charge is -2.28. The van der Waals surface area contributed by atoms with Crippen LogP contribution in [0.5, 0.6) is 0 Å². The number of nitro benzene ring substituents is 1. The van der Waals surface area contributed by atoms with Crippen molar-refractivity contribution < 1.29 is 18.1 Å². The van der Waals surface area contributed by atoms with Gasteiger partial charge in [0.2, 0.25) is 0 Å². The molecule has 0 bridgehead atoms. The molecule has 25 heavy (non-hydrogen) atoms. The number of nitrogens with one attached hydrogen (secondary N) is 1. The zero-order valence-corrected chi connectivity index (χ0v) is 14.4. The van der Waals surface area contributed by atoms with Crippen molar-refractivity contribution in [3.63, 3.8) is 0 Å². The van der Waals surface area contributed by atoms with Crippen molar-refractivity contribution in [3.8, 4) is 0 Å². The summed E-state index contributed by atoms with van der Waals surface area (Å²) in [7, 11) is -3.22. The van der Waals surface area contributed by atoms with Crippen molar-refractivity contribution in [1.29, 1.82) is 0 Å². The number of anilines is 1. The smallest absolute Gasteiger partial charge is 0.292 e. The summed E-state index contributed by atoms with van der Waals surface area (Å²) < 4.78 is 24.1. The van der Waals surface area contributed by atoms with Gasteiger partial charge in [0, 0.05) is 17.7 Å². The Bertz CT molecular complexity index is 804.